The van der Waals surface area contributed by atoms with Gasteiger partial charge >= 0.3 is 0 Å². The van der Waals surface area contributed by atoms with Gasteiger partial charge in [-0.3, -0.25) is 9.11 Å². The number of nitrogens with zero attached hydrogens (tertiary/aromatic N) is 1. The Morgan fingerprint density at radius 1 is 1.56 bits per heavy atom. The molecule has 1 aliphatic heterocycles. The minimum absolute atomic E-state index is 0.262. The molecule has 0 aliphatic carbocycles. The number of hydrogen-bond donors (Lipinski definition) is 1. The zero-order chi connectivity index (χ0) is 12.2. The first-order valence-corrected chi connectivity index (χ1v) is 7.98. The SMILES string of the molecule is CCC1(C)CN(C(C)CCS(C)=O)CCN1. The van der Waals surface area contributed by atoms with Gasteiger partial charge in [-0.2, -0.15) is 0 Å². The predicted octanol–water partition coefficient (Wildman–Crippen LogP) is 1.22. The van der Waals surface area contributed by atoms with Crippen molar-refractivity contribution in [1.82, 2.24) is 10.2 Å². The molecule has 1 heterocycles. The summed E-state index contributed by atoms with van der Waals surface area (Å²) in [6, 6.07) is 0.553. The molecule has 0 aromatic carbocycles. The van der Waals surface area contributed by atoms with E-state index in [9.17, 15) is 4.21 Å². The average molecular weight is 246 g/mol. The normalized spacial score (nSPS) is 31.2. The van der Waals surface area contributed by atoms with Gasteiger partial charge in [-0.1, -0.05) is 6.92 Å². The molecule has 1 rings (SSSR count). The van der Waals surface area contributed by atoms with Crippen molar-refractivity contribution < 1.29 is 4.21 Å². The van der Waals surface area contributed by atoms with E-state index in [1.54, 1.807) is 6.26 Å². The standard InChI is InChI=1S/C12H26N2OS/c1-5-12(3)10-14(8-7-13-12)11(2)6-9-16(4)15/h11,13H,5-10H2,1-4H3. The maximum Gasteiger partial charge on any atom is 0.0278 e. The number of nitrogens with one attached hydrogen (secondary N) is 1. The molecule has 1 saturated heterocycles. The van der Waals surface area contributed by atoms with Gasteiger partial charge in [0.15, 0.2) is 0 Å². The van der Waals surface area contributed by atoms with E-state index >= 15 is 0 Å². The van der Waals surface area contributed by atoms with Gasteiger partial charge in [0.05, 0.1) is 0 Å². The van der Waals surface area contributed by atoms with E-state index < -0.39 is 10.8 Å². The van der Waals surface area contributed by atoms with Gasteiger partial charge < -0.3 is 5.32 Å². The van der Waals surface area contributed by atoms with Crippen LogP contribution < -0.4 is 5.32 Å². The Morgan fingerprint density at radius 3 is 2.81 bits per heavy atom. The molecule has 3 nitrogen and oxygen atoms in total. The van der Waals surface area contributed by atoms with E-state index in [1.807, 2.05) is 0 Å². The maximum atomic E-state index is 11.1. The zero-order valence-corrected chi connectivity index (χ0v) is 11.9. The van der Waals surface area contributed by atoms with Gasteiger partial charge in [-0.25, -0.2) is 0 Å². The summed E-state index contributed by atoms with van der Waals surface area (Å²) in [6.07, 6.45) is 4.00. The Hall–Kier alpha value is 0.0700. The average Bonchev–Trinajstić information content (AvgIpc) is 2.26. The maximum absolute atomic E-state index is 11.1. The van der Waals surface area contributed by atoms with Crippen LogP contribution in [0.2, 0.25) is 0 Å². The van der Waals surface area contributed by atoms with Crippen LogP contribution in [0.3, 0.4) is 0 Å². The van der Waals surface area contributed by atoms with Crippen LogP contribution in [-0.4, -0.2) is 52.3 Å². The Bertz CT molecular complexity index is 247. The fraction of sp³-hybridized carbons (Fsp3) is 1.00. The molecule has 1 N–H and O–H groups in total. The Morgan fingerprint density at radius 2 is 2.25 bits per heavy atom. The Balaban J connectivity index is 2.43. The molecule has 3 atom stereocenters. The van der Waals surface area contributed by atoms with Crippen LogP contribution in [-0.2, 0) is 10.8 Å². The van der Waals surface area contributed by atoms with Crippen molar-refractivity contribution in [3.8, 4) is 0 Å². The lowest BCUT2D eigenvalue weighted by Gasteiger charge is -2.43. The number of hydrogen-bond acceptors (Lipinski definition) is 3. The smallest absolute Gasteiger partial charge is 0.0278 e. The van der Waals surface area contributed by atoms with Crippen LogP contribution in [0.15, 0.2) is 0 Å². The van der Waals surface area contributed by atoms with Crippen molar-refractivity contribution in [3.05, 3.63) is 0 Å². The first-order valence-electron chi connectivity index (χ1n) is 6.26. The molecule has 3 unspecified atom stereocenters. The molecule has 96 valence electrons. The molecule has 0 amide bonds. The largest absolute Gasteiger partial charge is 0.309 e. The third-order valence-electron chi connectivity index (χ3n) is 3.73. The molecule has 16 heavy (non-hydrogen) atoms. The van der Waals surface area contributed by atoms with E-state index in [-0.39, 0.29) is 5.54 Å². The lowest BCUT2D eigenvalue weighted by Crippen LogP contribution is -2.60. The van der Waals surface area contributed by atoms with Gasteiger partial charge in [0.1, 0.15) is 0 Å². The van der Waals surface area contributed by atoms with E-state index in [1.165, 1.54) is 0 Å². The van der Waals surface area contributed by atoms with Crippen molar-refractivity contribution in [3.63, 3.8) is 0 Å². The summed E-state index contributed by atoms with van der Waals surface area (Å²) in [5.74, 6) is 0.827. The highest BCUT2D eigenvalue weighted by Gasteiger charge is 2.30. The molecule has 0 aromatic rings. The summed E-state index contributed by atoms with van der Waals surface area (Å²) < 4.78 is 11.1. The van der Waals surface area contributed by atoms with E-state index in [0.29, 0.717) is 6.04 Å². The molecule has 0 spiro atoms. The van der Waals surface area contributed by atoms with Crippen LogP contribution >= 0.6 is 0 Å². The van der Waals surface area contributed by atoms with Crippen LogP contribution in [0, 0.1) is 0 Å². The number of rotatable bonds is 5. The van der Waals surface area contributed by atoms with Crippen molar-refractivity contribution in [1.29, 1.82) is 0 Å². The van der Waals surface area contributed by atoms with Gasteiger partial charge in [0.25, 0.3) is 0 Å². The van der Waals surface area contributed by atoms with Crippen LogP contribution in [0.5, 0.6) is 0 Å². The third kappa shape index (κ3) is 4.15. The molecule has 0 saturated carbocycles. The zero-order valence-electron chi connectivity index (χ0n) is 11.1. The first kappa shape index (κ1) is 14.1. The molecule has 0 aromatic heterocycles. The van der Waals surface area contributed by atoms with Crippen molar-refractivity contribution in [2.24, 2.45) is 0 Å². The molecule has 1 aliphatic rings. The van der Waals surface area contributed by atoms with Gasteiger partial charge in [-0.05, 0) is 26.7 Å². The Kier molecular flexibility index (Phi) is 5.41. The monoisotopic (exact) mass is 246 g/mol. The summed E-state index contributed by atoms with van der Waals surface area (Å²) in [5, 5.41) is 3.59. The minimum Gasteiger partial charge on any atom is -0.309 e. The predicted molar refractivity (Wildman–Crippen MR) is 71.3 cm³/mol. The fourth-order valence-corrected chi connectivity index (χ4v) is 2.89. The molecule has 0 bridgehead atoms. The van der Waals surface area contributed by atoms with Crippen molar-refractivity contribution in [2.45, 2.75) is 45.2 Å². The molecular formula is C12H26N2OS. The highest BCUT2D eigenvalue weighted by molar-refractivity contribution is 7.84. The summed E-state index contributed by atoms with van der Waals surface area (Å²) >= 11 is 0. The quantitative estimate of drug-likeness (QED) is 0.791. The Labute approximate surface area is 102 Å². The second kappa shape index (κ2) is 6.12. The molecular weight excluding hydrogens is 220 g/mol. The van der Waals surface area contributed by atoms with E-state index in [4.69, 9.17) is 0 Å². The minimum atomic E-state index is -0.654. The highest BCUT2D eigenvalue weighted by atomic mass is 32.2. The van der Waals surface area contributed by atoms with Crippen molar-refractivity contribution >= 4 is 10.8 Å². The highest BCUT2D eigenvalue weighted by Crippen LogP contribution is 2.18. The molecule has 0 radical (unpaired) electrons. The van der Waals surface area contributed by atoms with Crippen LogP contribution in [0.4, 0.5) is 0 Å². The summed E-state index contributed by atoms with van der Waals surface area (Å²) in [4.78, 5) is 2.53. The number of piperazine rings is 1. The summed E-state index contributed by atoms with van der Waals surface area (Å²) in [6.45, 7) is 10.1. The van der Waals surface area contributed by atoms with Gasteiger partial charge in [-0.15, -0.1) is 0 Å². The van der Waals surface area contributed by atoms with Gasteiger partial charge in [0.2, 0.25) is 0 Å². The first-order chi connectivity index (χ1) is 7.47. The van der Waals surface area contributed by atoms with Crippen LogP contribution in [0.25, 0.3) is 0 Å². The summed E-state index contributed by atoms with van der Waals surface area (Å²) in [7, 11) is -0.654. The lowest BCUT2D eigenvalue weighted by atomic mass is 9.95. The topological polar surface area (TPSA) is 32.3 Å². The second-order valence-corrected chi connectivity index (χ2v) is 6.78. The second-order valence-electron chi connectivity index (χ2n) is 5.23. The van der Waals surface area contributed by atoms with E-state index in [2.05, 4.69) is 31.0 Å². The van der Waals surface area contributed by atoms with Crippen molar-refractivity contribution in [2.75, 3.05) is 31.6 Å². The molecule has 4 heteroatoms. The van der Waals surface area contributed by atoms with Gasteiger partial charge in [0, 0.05) is 54.0 Å². The lowest BCUT2D eigenvalue weighted by molar-refractivity contribution is 0.103. The van der Waals surface area contributed by atoms with E-state index in [0.717, 1.165) is 38.2 Å². The van der Waals surface area contributed by atoms with Crippen LogP contribution in [0.1, 0.15) is 33.6 Å². The molecule has 1 fully saturated rings. The summed E-state index contributed by atoms with van der Waals surface area (Å²) in [5.41, 5.74) is 0.262. The third-order valence-corrected chi connectivity index (χ3v) is 4.54. The fourth-order valence-electron chi connectivity index (χ4n) is 2.22.